The first-order valence-electron chi connectivity index (χ1n) is 4.40. The van der Waals surface area contributed by atoms with Gasteiger partial charge >= 0.3 is 0 Å². The smallest absolute Gasteiger partial charge is 0.134 e. The number of hydrogen-bond donors (Lipinski definition) is 0. The van der Waals surface area contributed by atoms with Gasteiger partial charge in [0.05, 0.1) is 11.1 Å². The zero-order valence-electron chi connectivity index (χ0n) is 7.90. The molecule has 0 aliphatic heterocycles. The van der Waals surface area contributed by atoms with Gasteiger partial charge in [-0.2, -0.15) is 0 Å². The molecule has 0 aliphatic carbocycles. The Morgan fingerprint density at radius 2 is 1.12 bits per heavy atom. The second-order valence-electron chi connectivity index (χ2n) is 3.12. The molecule has 0 bridgehead atoms. The van der Waals surface area contributed by atoms with Crippen molar-refractivity contribution in [3.63, 3.8) is 0 Å². The summed E-state index contributed by atoms with van der Waals surface area (Å²) >= 11 is 0. The lowest BCUT2D eigenvalue weighted by molar-refractivity contribution is 0.563. The summed E-state index contributed by atoms with van der Waals surface area (Å²) < 4.78 is 53.2. The van der Waals surface area contributed by atoms with Gasteiger partial charge in [0.15, 0.2) is 0 Å². The van der Waals surface area contributed by atoms with Crippen LogP contribution in [0.5, 0.6) is 0 Å². The van der Waals surface area contributed by atoms with Crippen LogP contribution in [0.25, 0.3) is 11.1 Å². The van der Waals surface area contributed by atoms with E-state index in [9.17, 15) is 17.6 Å². The van der Waals surface area contributed by atoms with Gasteiger partial charge in [0.25, 0.3) is 0 Å². The molecule has 81 valence electrons. The standard InChI is InChI=1S/C12H5F4/c13-7-3-1-4-8(14)11(7)12-9(15)5-2-6-10(12)16/h1,3-6H. The Kier molecular flexibility index (Phi) is 2.64. The molecule has 0 amide bonds. The molecule has 0 aliphatic rings. The number of halogens is 4. The quantitative estimate of drug-likeness (QED) is 0.649. The van der Waals surface area contributed by atoms with Crippen LogP contribution in [0.15, 0.2) is 30.3 Å². The Bertz CT molecular complexity index is 445. The monoisotopic (exact) mass is 225 g/mol. The van der Waals surface area contributed by atoms with E-state index >= 15 is 0 Å². The van der Waals surface area contributed by atoms with Crippen molar-refractivity contribution in [1.29, 1.82) is 0 Å². The molecular weight excluding hydrogens is 220 g/mol. The molecule has 2 aromatic rings. The van der Waals surface area contributed by atoms with Crippen LogP contribution in [0.3, 0.4) is 0 Å². The minimum Gasteiger partial charge on any atom is -0.206 e. The molecule has 0 saturated carbocycles. The van der Waals surface area contributed by atoms with E-state index in [2.05, 4.69) is 6.07 Å². The number of hydrogen-bond acceptors (Lipinski definition) is 0. The molecular formula is C12H5F4. The SMILES string of the molecule is Fc1c[c]cc(F)c1-c1c(F)cccc1F. The third kappa shape index (κ3) is 1.66. The molecule has 4 heteroatoms. The lowest BCUT2D eigenvalue weighted by atomic mass is 10.0. The Labute approximate surface area is 89.2 Å². The van der Waals surface area contributed by atoms with E-state index in [1.54, 1.807) is 0 Å². The molecule has 0 nitrogen and oxygen atoms in total. The van der Waals surface area contributed by atoms with Gasteiger partial charge < -0.3 is 0 Å². The van der Waals surface area contributed by atoms with E-state index in [1.165, 1.54) is 0 Å². The molecule has 0 N–H and O–H groups in total. The third-order valence-corrected chi connectivity index (χ3v) is 2.11. The highest BCUT2D eigenvalue weighted by Crippen LogP contribution is 2.30. The summed E-state index contributed by atoms with van der Waals surface area (Å²) in [6, 6.07) is 6.83. The maximum atomic E-state index is 13.3. The zero-order chi connectivity index (χ0) is 11.7. The summed E-state index contributed by atoms with van der Waals surface area (Å²) in [5.41, 5.74) is -1.42. The van der Waals surface area contributed by atoms with Crippen LogP contribution in [0.4, 0.5) is 17.6 Å². The van der Waals surface area contributed by atoms with Crippen molar-refractivity contribution in [1.82, 2.24) is 0 Å². The molecule has 0 heterocycles. The predicted octanol–water partition coefficient (Wildman–Crippen LogP) is 3.71. The molecule has 0 unspecified atom stereocenters. The van der Waals surface area contributed by atoms with Crippen molar-refractivity contribution in [3.8, 4) is 11.1 Å². The van der Waals surface area contributed by atoms with Gasteiger partial charge in [-0.05, 0) is 30.3 Å². The van der Waals surface area contributed by atoms with E-state index in [0.717, 1.165) is 30.3 Å². The van der Waals surface area contributed by atoms with Crippen LogP contribution in [0.2, 0.25) is 0 Å². The zero-order valence-corrected chi connectivity index (χ0v) is 7.90. The van der Waals surface area contributed by atoms with E-state index in [0.29, 0.717) is 0 Å². The topological polar surface area (TPSA) is 0 Å². The summed E-state index contributed by atoms with van der Waals surface area (Å²) in [5.74, 6) is -4.12. The third-order valence-electron chi connectivity index (χ3n) is 2.11. The molecule has 16 heavy (non-hydrogen) atoms. The van der Waals surface area contributed by atoms with E-state index in [-0.39, 0.29) is 0 Å². The molecule has 0 spiro atoms. The van der Waals surface area contributed by atoms with E-state index in [4.69, 9.17) is 0 Å². The summed E-state index contributed by atoms with van der Waals surface area (Å²) in [6.45, 7) is 0. The molecule has 0 atom stereocenters. The summed E-state index contributed by atoms with van der Waals surface area (Å²) in [5, 5.41) is 0. The van der Waals surface area contributed by atoms with Crippen molar-refractivity contribution in [2.75, 3.05) is 0 Å². The largest absolute Gasteiger partial charge is 0.206 e. The van der Waals surface area contributed by atoms with Crippen LogP contribution in [-0.4, -0.2) is 0 Å². The second kappa shape index (κ2) is 3.96. The Morgan fingerprint density at radius 3 is 1.62 bits per heavy atom. The average molecular weight is 225 g/mol. The van der Waals surface area contributed by atoms with Gasteiger partial charge in [-0.25, -0.2) is 17.6 Å². The molecule has 1 radical (unpaired) electrons. The van der Waals surface area contributed by atoms with Crippen LogP contribution in [0, 0.1) is 29.3 Å². The number of benzene rings is 2. The Hall–Kier alpha value is -1.84. The first-order chi connectivity index (χ1) is 7.61. The molecule has 0 aromatic heterocycles. The Balaban J connectivity index is 2.77. The Morgan fingerprint density at radius 1 is 0.688 bits per heavy atom. The van der Waals surface area contributed by atoms with Crippen molar-refractivity contribution >= 4 is 0 Å². The second-order valence-corrected chi connectivity index (χ2v) is 3.12. The van der Waals surface area contributed by atoms with E-state index in [1.807, 2.05) is 0 Å². The van der Waals surface area contributed by atoms with Gasteiger partial charge in [0.2, 0.25) is 0 Å². The van der Waals surface area contributed by atoms with Gasteiger partial charge in [0.1, 0.15) is 23.3 Å². The van der Waals surface area contributed by atoms with Gasteiger partial charge in [-0.3, -0.25) is 0 Å². The van der Waals surface area contributed by atoms with Crippen LogP contribution >= 0.6 is 0 Å². The first kappa shape index (κ1) is 10.7. The first-order valence-corrected chi connectivity index (χ1v) is 4.40. The van der Waals surface area contributed by atoms with Crippen molar-refractivity contribution < 1.29 is 17.6 Å². The lowest BCUT2D eigenvalue weighted by Gasteiger charge is -2.07. The van der Waals surface area contributed by atoms with Crippen molar-refractivity contribution in [2.24, 2.45) is 0 Å². The average Bonchev–Trinajstić information content (AvgIpc) is 2.21. The van der Waals surface area contributed by atoms with Crippen molar-refractivity contribution in [3.05, 3.63) is 59.7 Å². The van der Waals surface area contributed by atoms with Crippen molar-refractivity contribution in [2.45, 2.75) is 0 Å². The molecule has 2 aromatic carbocycles. The molecule has 0 fully saturated rings. The summed E-state index contributed by atoms with van der Waals surface area (Å²) in [4.78, 5) is 0. The van der Waals surface area contributed by atoms with Gasteiger partial charge in [-0.15, -0.1) is 0 Å². The lowest BCUT2D eigenvalue weighted by Crippen LogP contribution is -1.96. The fourth-order valence-corrected chi connectivity index (χ4v) is 1.42. The van der Waals surface area contributed by atoms with Crippen LogP contribution in [-0.2, 0) is 0 Å². The van der Waals surface area contributed by atoms with E-state index < -0.39 is 34.4 Å². The fraction of sp³-hybridized carbons (Fsp3) is 0. The van der Waals surface area contributed by atoms with Crippen LogP contribution in [0.1, 0.15) is 0 Å². The minimum absolute atomic E-state index is 0.702. The maximum absolute atomic E-state index is 13.3. The predicted molar refractivity (Wildman–Crippen MR) is 50.5 cm³/mol. The highest BCUT2D eigenvalue weighted by Gasteiger charge is 2.18. The van der Waals surface area contributed by atoms with Crippen LogP contribution < -0.4 is 0 Å². The maximum Gasteiger partial charge on any atom is 0.134 e. The molecule has 0 saturated heterocycles. The normalized spacial score (nSPS) is 10.5. The number of rotatable bonds is 1. The summed E-state index contributed by atoms with van der Waals surface area (Å²) in [7, 11) is 0. The van der Waals surface area contributed by atoms with Gasteiger partial charge in [0, 0.05) is 0 Å². The fourth-order valence-electron chi connectivity index (χ4n) is 1.42. The van der Waals surface area contributed by atoms with Gasteiger partial charge in [-0.1, -0.05) is 6.07 Å². The summed E-state index contributed by atoms with van der Waals surface area (Å²) in [6.07, 6.45) is 0. The highest BCUT2D eigenvalue weighted by atomic mass is 19.1. The minimum atomic E-state index is -1.05. The highest BCUT2D eigenvalue weighted by molar-refractivity contribution is 5.66. The molecule has 2 rings (SSSR count).